The van der Waals surface area contributed by atoms with Gasteiger partial charge in [0.25, 0.3) is 5.91 Å². The van der Waals surface area contributed by atoms with E-state index in [0.717, 1.165) is 36.1 Å². The first-order chi connectivity index (χ1) is 12.1. The third-order valence-electron chi connectivity index (χ3n) is 4.23. The van der Waals surface area contributed by atoms with Crippen LogP contribution in [0.4, 0.5) is 0 Å². The molecule has 2 N–H and O–H groups in total. The van der Waals surface area contributed by atoms with E-state index in [2.05, 4.69) is 44.1 Å². The van der Waals surface area contributed by atoms with E-state index in [9.17, 15) is 4.79 Å². The number of thioether (sulfide) groups is 1. The van der Waals surface area contributed by atoms with Crippen molar-refractivity contribution in [3.8, 4) is 0 Å². The topological polar surface area (TPSA) is 88.5 Å². The quantitative estimate of drug-likeness (QED) is 0.529. The van der Waals surface area contributed by atoms with E-state index in [1.54, 1.807) is 11.8 Å². The first-order valence-corrected chi connectivity index (χ1v) is 10.1. The molecule has 3 rings (SSSR count). The van der Waals surface area contributed by atoms with Crippen LogP contribution in [0.1, 0.15) is 61.0 Å². The lowest BCUT2D eigenvalue weighted by molar-refractivity contribution is 0.0948. The van der Waals surface area contributed by atoms with Crippen molar-refractivity contribution >= 4 is 17.7 Å². The summed E-state index contributed by atoms with van der Waals surface area (Å²) >= 11 is 1.62. The van der Waals surface area contributed by atoms with Gasteiger partial charge in [0, 0.05) is 31.1 Å². The zero-order chi connectivity index (χ0) is 17.8. The van der Waals surface area contributed by atoms with Crippen molar-refractivity contribution in [3.05, 3.63) is 23.3 Å². The number of carbonyl (C=O) groups is 1. The highest BCUT2D eigenvalue weighted by atomic mass is 32.2. The summed E-state index contributed by atoms with van der Waals surface area (Å²) in [7, 11) is 0. The third kappa shape index (κ3) is 4.62. The maximum absolute atomic E-state index is 12.1. The standard InChI is InChI=1S/C17H26N6OS/c1-11(2)10-23-15(21-22-17(23)25-3)5-4-8-18-16(24)14-9-13(19-20-14)12-6-7-12/h9,11-12H,4-8,10H2,1-3H3,(H,18,24)(H,19,20). The molecular formula is C17H26N6OS. The summed E-state index contributed by atoms with van der Waals surface area (Å²) in [6.07, 6.45) is 6.03. The summed E-state index contributed by atoms with van der Waals surface area (Å²) in [6, 6.07) is 1.87. The van der Waals surface area contributed by atoms with Crippen LogP contribution in [0.5, 0.6) is 0 Å². The number of carbonyl (C=O) groups excluding carboxylic acids is 1. The average Bonchev–Trinajstić information content (AvgIpc) is 3.19. The summed E-state index contributed by atoms with van der Waals surface area (Å²) in [6.45, 7) is 5.90. The molecule has 25 heavy (non-hydrogen) atoms. The van der Waals surface area contributed by atoms with Crippen molar-refractivity contribution in [1.29, 1.82) is 0 Å². The van der Waals surface area contributed by atoms with E-state index in [0.29, 0.717) is 24.1 Å². The lowest BCUT2D eigenvalue weighted by Crippen LogP contribution is -2.25. The molecule has 0 atom stereocenters. The Kier molecular flexibility index (Phi) is 5.78. The molecule has 1 saturated carbocycles. The van der Waals surface area contributed by atoms with Crippen molar-refractivity contribution in [2.45, 2.75) is 57.1 Å². The molecular weight excluding hydrogens is 336 g/mol. The highest BCUT2D eigenvalue weighted by Gasteiger charge is 2.26. The molecule has 2 heterocycles. The van der Waals surface area contributed by atoms with E-state index in [1.165, 1.54) is 12.8 Å². The predicted octanol–water partition coefficient (Wildman–Crippen LogP) is 2.62. The van der Waals surface area contributed by atoms with Crippen LogP contribution >= 0.6 is 11.8 Å². The summed E-state index contributed by atoms with van der Waals surface area (Å²) in [5, 5.41) is 19.5. The Bertz CT molecular complexity index is 719. The molecule has 1 aliphatic carbocycles. The molecule has 1 fully saturated rings. The molecule has 2 aromatic heterocycles. The maximum Gasteiger partial charge on any atom is 0.271 e. The molecule has 7 nitrogen and oxygen atoms in total. The normalized spacial score (nSPS) is 14.2. The number of H-pyrrole nitrogens is 1. The Morgan fingerprint density at radius 3 is 2.92 bits per heavy atom. The molecule has 0 aliphatic heterocycles. The number of nitrogens with one attached hydrogen (secondary N) is 2. The Balaban J connectivity index is 1.47. The fourth-order valence-electron chi connectivity index (χ4n) is 2.80. The molecule has 0 spiro atoms. The van der Waals surface area contributed by atoms with E-state index in [4.69, 9.17) is 0 Å². The first-order valence-electron chi connectivity index (χ1n) is 8.88. The van der Waals surface area contributed by atoms with Crippen LogP contribution in [-0.4, -0.2) is 43.7 Å². The summed E-state index contributed by atoms with van der Waals surface area (Å²) in [5.41, 5.74) is 1.56. The minimum absolute atomic E-state index is 0.114. The molecule has 136 valence electrons. The number of hydrogen-bond donors (Lipinski definition) is 2. The van der Waals surface area contributed by atoms with Gasteiger partial charge in [0.05, 0.1) is 0 Å². The summed E-state index contributed by atoms with van der Waals surface area (Å²) < 4.78 is 2.19. The second-order valence-electron chi connectivity index (χ2n) is 6.95. The number of aromatic amines is 1. The van der Waals surface area contributed by atoms with Gasteiger partial charge in [-0.15, -0.1) is 10.2 Å². The van der Waals surface area contributed by atoms with Gasteiger partial charge in [0.1, 0.15) is 11.5 Å². The van der Waals surface area contributed by atoms with Gasteiger partial charge in [-0.05, 0) is 37.5 Å². The fraction of sp³-hybridized carbons (Fsp3) is 0.647. The van der Waals surface area contributed by atoms with Gasteiger partial charge in [0.2, 0.25) is 0 Å². The molecule has 8 heteroatoms. The number of nitrogens with zero attached hydrogens (tertiary/aromatic N) is 4. The molecule has 1 amide bonds. The number of aryl methyl sites for hydroxylation is 1. The first kappa shape index (κ1) is 18.0. The molecule has 0 unspecified atom stereocenters. The Morgan fingerprint density at radius 1 is 1.44 bits per heavy atom. The van der Waals surface area contributed by atoms with Crippen molar-refractivity contribution in [2.75, 3.05) is 12.8 Å². The minimum Gasteiger partial charge on any atom is -0.351 e. The van der Waals surface area contributed by atoms with Gasteiger partial charge >= 0.3 is 0 Å². The minimum atomic E-state index is -0.114. The average molecular weight is 363 g/mol. The van der Waals surface area contributed by atoms with Crippen molar-refractivity contribution in [3.63, 3.8) is 0 Å². The zero-order valence-corrected chi connectivity index (χ0v) is 15.9. The van der Waals surface area contributed by atoms with Crippen LogP contribution in [0.2, 0.25) is 0 Å². The smallest absolute Gasteiger partial charge is 0.271 e. The number of hydrogen-bond acceptors (Lipinski definition) is 5. The molecule has 1 aliphatic rings. The Labute approximate surface area is 152 Å². The van der Waals surface area contributed by atoms with E-state index >= 15 is 0 Å². The van der Waals surface area contributed by atoms with Gasteiger partial charge in [-0.3, -0.25) is 9.89 Å². The summed E-state index contributed by atoms with van der Waals surface area (Å²) in [4.78, 5) is 12.1. The number of rotatable bonds is 9. The largest absolute Gasteiger partial charge is 0.351 e. The molecule has 0 bridgehead atoms. The number of amides is 1. The highest BCUT2D eigenvalue weighted by Crippen LogP contribution is 2.38. The van der Waals surface area contributed by atoms with Crippen LogP contribution in [-0.2, 0) is 13.0 Å². The van der Waals surface area contributed by atoms with Gasteiger partial charge in [-0.25, -0.2) is 0 Å². The monoisotopic (exact) mass is 362 g/mol. The molecule has 0 radical (unpaired) electrons. The fourth-order valence-corrected chi connectivity index (χ4v) is 3.32. The second-order valence-corrected chi connectivity index (χ2v) is 7.72. The second kappa shape index (κ2) is 8.03. The maximum atomic E-state index is 12.1. The molecule has 0 saturated heterocycles. The van der Waals surface area contributed by atoms with Gasteiger partial charge in [-0.1, -0.05) is 25.6 Å². The Hall–Kier alpha value is -1.83. The van der Waals surface area contributed by atoms with Gasteiger partial charge < -0.3 is 9.88 Å². The van der Waals surface area contributed by atoms with E-state index in [1.807, 2.05) is 12.3 Å². The highest BCUT2D eigenvalue weighted by molar-refractivity contribution is 7.98. The SMILES string of the molecule is CSc1nnc(CCCNC(=O)c2cc(C3CC3)[nH]n2)n1CC(C)C. The lowest BCUT2D eigenvalue weighted by Gasteiger charge is -2.11. The van der Waals surface area contributed by atoms with Gasteiger partial charge in [0.15, 0.2) is 5.16 Å². The van der Waals surface area contributed by atoms with Crippen LogP contribution in [0.3, 0.4) is 0 Å². The third-order valence-corrected chi connectivity index (χ3v) is 4.90. The summed E-state index contributed by atoms with van der Waals surface area (Å²) in [5.74, 6) is 1.99. The van der Waals surface area contributed by atoms with Crippen LogP contribution in [0, 0.1) is 5.92 Å². The predicted molar refractivity (Wildman–Crippen MR) is 97.9 cm³/mol. The van der Waals surface area contributed by atoms with E-state index < -0.39 is 0 Å². The zero-order valence-electron chi connectivity index (χ0n) is 15.1. The van der Waals surface area contributed by atoms with Crippen molar-refractivity contribution in [2.24, 2.45) is 5.92 Å². The molecule has 2 aromatic rings. The molecule has 0 aromatic carbocycles. The van der Waals surface area contributed by atoms with Crippen LogP contribution in [0.15, 0.2) is 11.2 Å². The number of aromatic nitrogens is 5. The van der Waals surface area contributed by atoms with Crippen LogP contribution < -0.4 is 5.32 Å². The van der Waals surface area contributed by atoms with Crippen molar-refractivity contribution in [1.82, 2.24) is 30.3 Å². The van der Waals surface area contributed by atoms with Gasteiger partial charge in [-0.2, -0.15) is 5.10 Å². The van der Waals surface area contributed by atoms with Crippen LogP contribution in [0.25, 0.3) is 0 Å². The lowest BCUT2D eigenvalue weighted by atomic mass is 10.2. The van der Waals surface area contributed by atoms with Crippen molar-refractivity contribution < 1.29 is 4.79 Å². The Morgan fingerprint density at radius 2 is 2.24 bits per heavy atom. The van der Waals surface area contributed by atoms with E-state index in [-0.39, 0.29) is 5.91 Å².